The van der Waals surface area contributed by atoms with Gasteiger partial charge in [-0.05, 0) is 137 Å². The second-order valence-corrected chi connectivity index (χ2v) is 14.6. The van der Waals surface area contributed by atoms with Gasteiger partial charge in [0.05, 0.1) is 7.11 Å². The van der Waals surface area contributed by atoms with Gasteiger partial charge in [0.2, 0.25) is 0 Å². The van der Waals surface area contributed by atoms with E-state index in [1.165, 1.54) is 16.7 Å². The monoisotopic (exact) mass is 811 g/mol. The lowest BCUT2D eigenvalue weighted by atomic mass is 9.68. The van der Waals surface area contributed by atoms with Crippen molar-refractivity contribution in [3.05, 3.63) is 130 Å². The maximum Gasteiger partial charge on any atom is 0.253 e. The summed E-state index contributed by atoms with van der Waals surface area (Å²) in [5.41, 5.74) is 6.19. The van der Waals surface area contributed by atoms with E-state index < -0.39 is 0 Å². The number of nitrogens with zero attached hydrogens (tertiary/aromatic N) is 4. The van der Waals surface area contributed by atoms with E-state index in [2.05, 4.69) is 72.4 Å². The lowest BCUT2D eigenvalue weighted by Gasteiger charge is -2.42. The van der Waals surface area contributed by atoms with Crippen LogP contribution >= 0.6 is 0 Å². The predicted octanol–water partition coefficient (Wildman–Crippen LogP) is 10.6. The number of ether oxygens (including phenoxy) is 1. The molecule has 6 rings (SSSR count). The number of aromatic hydroxyl groups is 1. The van der Waals surface area contributed by atoms with Gasteiger partial charge in [0, 0.05) is 50.1 Å². The minimum atomic E-state index is -0.120. The van der Waals surface area contributed by atoms with E-state index >= 15 is 0 Å². The van der Waals surface area contributed by atoms with Crippen LogP contribution in [0.3, 0.4) is 0 Å². The van der Waals surface area contributed by atoms with Crippen molar-refractivity contribution in [2.45, 2.75) is 91.9 Å². The Hall–Kier alpha value is -4.66. The molecule has 2 amide bonds. The summed E-state index contributed by atoms with van der Waals surface area (Å²) in [4.78, 5) is 32.3. The van der Waals surface area contributed by atoms with Crippen LogP contribution < -0.4 is 4.74 Å². The molecule has 2 aliphatic heterocycles. The van der Waals surface area contributed by atoms with Gasteiger partial charge < -0.3 is 29.4 Å². The molecular formula is C51H78N4O4. The lowest BCUT2D eigenvalue weighted by Crippen LogP contribution is -2.41. The van der Waals surface area contributed by atoms with E-state index in [-0.39, 0.29) is 22.6 Å². The fraction of sp³-hybridized carbons (Fsp3) is 0.490. The maximum atomic E-state index is 12.2. The molecule has 2 saturated heterocycles. The molecule has 2 heterocycles. The van der Waals surface area contributed by atoms with Gasteiger partial charge in [-0.15, -0.1) is 0 Å². The van der Waals surface area contributed by atoms with Crippen LogP contribution in [0.15, 0.2) is 97.1 Å². The quantitative estimate of drug-likeness (QED) is 0.200. The van der Waals surface area contributed by atoms with Crippen LogP contribution in [0.25, 0.3) is 0 Å². The molecule has 0 unspecified atom stereocenters. The number of piperidine rings is 2. The minimum absolute atomic E-state index is 0.0151. The number of methoxy groups -OCH3 is 1. The lowest BCUT2D eigenvalue weighted by molar-refractivity contribution is 0.0820. The number of phenols is 1. The number of carbonyl (C=O) groups is 2. The minimum Gasteiger partial charge on any atom is -0.508 e. The van der Waals surface area contributed by atoms with Gasteiger partial charge in [-0.25, -0.2) is 0 Å². The van der Waals surface area contributed by atoms with Gasteiger partial charge >= 0.3 is 0 Å². The zero-order valence-corrected chi connectivity index (χ0v) is 39.4. The summed E-state index contributed by atoms with van der Waals surface area (Å²) in [5, 5.41) is 9.97. The maximum absolute atomic E-state index is 12.2. The molecule has 0 saturated carbocycles. The highest BCUT2D eigenvalue weighted by Gasteiger charge is 2.38. The number of phenolic OH excluding ortho intramolecular Hbond substituents is 1. The molecule has 8 nitrogen and oxygen atoms in total. The first-order chi connectivity index (χ1) is 28.4. The van der Waals surface area contributed by atoms with Gasteiger partial charge in [0.15, 0.2) is 0 Å². The number of hydrogen-bond acceptors (Lipinski definition) is 6. The Kier molecular flexibility index (Phi) is 23.5. The van der Waals surface area contributed by atoms with Crippen LogP contribution in [0.5, 0.6) is 11.5 Å². The summed E-state index contributed by atoms with van der Waals surface area (Å²) in [7, 11) is 13.1. The van der Waals surface area contributed by atoms with Crippen molar-refractivity contribution in [2.75, 3.05) is 75.6 Å². The molecule has 0 aromatic heterocycles. The van der Waals surface area contributed by atoms with Crippen molar-refractivity contribution < 1.29 is 19.4 Å². The van der Waals surface area contributed by atoms with E-state index in [4.69, 9.17) is 4.74 Å². The molecule has 0 bridgehead atoms. The number of rotatable bonds is 7. The molecule has 4 aromatic carbocycles. The van der Waals surface area contributed by atoms with Crippen molar-refractivity contribution >= 4 is 11.8 Å². The highest BCUT2D eigenvalue weighted by Crippen LogP contribution is 2.44. The third-order valence-corrected chi connectivity index (χ3v) is 10.9. The SMILES string of the molecule is CC.CC.CC.CC.CN1CCC(c2ccc(C(=O)N(C)C)cc2)(c2cccc(O)c2)CC1.COc1cccc(C2(c3ccc(C(=O)N(C)C)cc3)CCN(C)CC2)c1. The normalized spacial score (nSPS) is 15.2. The van der Waals surface area contributed by atoms with Gasteiger partial charge in [0.1, 0.15) is 11.5 Å². The predicted molar refractivity (Wildman–Crippen MR) is 250 cm³/mol. The van der Waals surface area contributed by atoms with Crippen LogP contribution in [0, 0.1) is 0 Å². The van der Waals surface area contributed by atoms with Crippen molar-refractivity contribution in [2.24, 2.45) is 0 Å². The Morgan fingerprint density at radius 1 is 0.525 bits per heavy atom. The summed E-state index contributed by atoms with van der Waals surface area (Å²) in [6.07, 6.45) is 4.09. The zero-order valence-electron chi connectivity index (χ0n) is 39.4. The Morgan fingerprint density at radius 2 is 0.864 bits per heavy atom. The van der Waals surface area contributed by atoms with Crippen LogP contribution in [-0.4, -0.2) is 112 Å². The first-order valence-electron chi connectivity index (χ1n) is 21.8. The van der Waals surface area contributed by atoms with Crippen LogP contribution in [0.2, 0.25) is 0 Å². The van der Waals surface area contributed by atoms with Crippen molar-refractivity contribution in [1.29, 1.82) is 0 Å². The Morgan fingerprint density at radius 3 is 1.19 bits per heavy atom. The molecule has 0 spiro atoms. The van der Waals surface area contributed by atoms with Crippen LogP contribution in [0.1, 0.15) is 124 Å². The Balaban J connectivity index is 0.000000505. The Bertz CT molecular complexity index is 1770. The van der Waals surface area contributed by atoms with Gasteiger partial charge in [-0.1, -0.05) is 104 Å². The highest BCUT2D eigenvalue weighted by molar-refractivity contribution is 5.94. The summed E-state index contributed by atoms with van der Waals surface area (Å²) >= 11 is 0. The second kappa shape index (κ2) is 26.4. The van der Waals surface area contributed by atoms with E-state index in [1.54, 1.807) is 51.2 Å². The number of benzene rings is 4. The molecule has 59 heavy (non-hydrogen) atoms. The fourth-order valence-corrected chi connectivity index (χ4v) is 7.59. The third kappa shape index (κ3) is 13.7. The van der Waals surface area contributed by atoms with Crippen molar-refractivity contribution in [1.82, 2.24) is 19.6 Å². The molecule has 2 fully saturated rings. The smallest absolute Gasteiger partial charge is 0.253 e. The van der Waals surface area contributed by atoms with E-state index in [0.717, 1.165) is 68.7 Å². The third-order valence-electron chi connectivity index (χ3n) is 10.9. The van der Waals surface area contributed by atoms with Crippen LogP contribution in [-0.2, 0) is 10.8 Å². The fourth-order valence-electron chi connectivity index (χ4n) is 7.59. The largest absolute Gasteiger partial charge is 0.508 e. The van der Waals surface area contributed by atoms with Crippen LogP contribution in [0.4, 0.5) is 0 Å². The molecule has 0 aliphatic carbocycles. The average molecular weight is 811 g/mol. The molecule has 0 radical (unpaired) electrons. The zero-order chi connectivity index (χ0) is 44.8. The van der Waals surface area contributed by atoms with E-state index in [9.17, 15) is 14.7 Å². The molecule has 326 valence electrons. The summed E-state index contributed by atoms with van der Waals surface area (Å²) in [6, 6.07) is 32.2. The average Bonchev–Trinajstić information content (AvgIpc) is 3.29. The van der Waals surface area contributed by atoms with Crippen molar-refractivity contribution in [3.8, 4) is 11.5 Å². The standard InChI is InChI=1S/C22H28N2O2.C21H26N2O2.4C2H6/c1-23(2)21(25)17-8-10-18(11-9-17)22(12-14-24(3)15-13-22)19-6-5-7-20(16-19)26-4;1-22(2)20(25)16-7-9-17(10-8-16)21(11-13-23(3)14-12-21)18-5-4-6-19(24)15-18;4*1-2/h5-11,16H,12-15H2,1-4H3;4-10,15,24H,11-14H2,1-3H3;4*1-2H3. The molecule has 2 aliphatic rings. The second-order valence-electron chi connectivity index (χ2n) is 14.6. The van der Waals surface area contributed by atoms with E-state index in [0.29, 0.717) is 11.3 Å². The number of likely N-dealkylation sites (tertiary alicyclic amines) is 2. The summed E-state index contributed by atoms with van der Waals surface area (Å²) in [5.74, 6) is 1.24. The van der Waals surface area contributed by atoms with Crippen molar-refractivity contribution in [3.63, 3.8) is 0 Å². The number of carbonyl (C=O) groups excluding carboxylic acids is 2. The highest BCUT2D eigenvalue weighted by atomic mass is 16.5. The summed E-state index contributed by atoms with van der Waals surface area (Å²) < 4.78 is 5.46. The molecular weight excluding hydrogens is 733 g/mol. The first kappa shape index (κ1) is 52.4. The summed E-state index contributed by atoms with van der Waals surface area (Å²) in [6.45, 7) is 20.1. The Labute approximate surface area is 359 Å². The first-order valence-corrected chi connectivity index (χ1v) is 21.8. The molecule has 1 N–H and O–H groups in total. The van der Waals surface area contributed by atoms with Gasteiger partial charge in [-0.2, -0.15) is 0 Å². The number of hydrogen-bond donors (Lipinski definition) is 1. The molecule has 0 atom stereocenters. The molecule has 4 aromatic rings. The van der Waals surface area contributed by atoms with E-state index in [1.807, 2.05) is 97.9 Å². The van der Waals surface area contributed by atoms with Gasteiger partial charge in [-0.3, -0.25) is 9.59 Å². The van der Waals surface area contributed by atoms with Gasteiger partial charge in [0.25, 0.3) is 11.8 Å². The number of amides is 2. The molecule has 8 heteroatoms. The topological polar surface area (TPSA) is 76.6 Å².